The van der Waals surface area contributed by atoms with Crippen LogP contribution in [-0.4, -0.2) is 94.9 Å². The lowest BCUT2D eigenvalue weighted by Gasteiger charge is -2.20. The summed E-state index contributed by atoms with van der Waals surface area (Å²) in [6, 6.07) is 0. The fraction of sp³-hybridized carbons (Fsp3) is 0.500. The first-order valence-electron chi connectivity index (χ1n) is 12.8. The average molecular weight is 662 g/mol. The van der Waals surface area contributed by atoms with Crippen LogP contribution < -0.4 is 21.7 Å². The van der Waals surface area contributed by atoms with Crippen LogP contribution in [-0.2, 0) is 33.0 Å². The Bertz CT molecular complexity index is 1920. The molecule has 6 atom stereocenters. The number of nitrogens with zero attached hydrogens (tertiary/aromatic N) is 7. The summed E-state index contributed by atoms with van der Waals surface area (Å²) in [5.74, 6) is -0.120. The number of rotatable bonds is 10. The van der Waals surface area contributed by atoms with Gasteiger partial charge in [0.2, 0.25) is 5.95 Å². The lowest BCUT2D eigenvalue weighted by Crippen LogP contribution is -2.41. The highest BCUT2D eigenvalue weighted by Gasteiger charge is 2.50. The zero-order valence-electron chi connectivity index (χ0n) is 22.2. The largest absolute Gasteiger partial charge is 0.469 e. The summed E-state index contributed by atoms with van der Waals surface area (Å²) in [6.45, 7) is -1.22. The Kier molecular flexibility index (Phi) is 7.84. The zero-order chi connectivity index (χ0) is 31.4. The molecule has 2 aliphatic rings. The molecule has 44 heavy (non-hydrogen) atoms. The summed E-state index contributed by atoms with van der Waals surface area (Å²) in [6.07, 6.45) is -4.05. The second kappa shape index (κ2) is 11.4. The molecule has 6 heterocycles. The number of nitrogens with one attached hydrogen (secondary N) is 2. The number of nitrogens with two attached hydrogens (primary N) is 2. The molecule has 2 aliphatic heterocycles. The van der Waals surface area contributed by atoms with Crippen LogP contribution in [0.1, 0.15) is 25.3 Å². The molecule has 0 amide bonds. The van der Waals surface area contributed by atoms with Gasteiger partial charge in [0.25, 0.3) is 5.56 Å². The minimum absolute atomic E-state index is 0.192. The minimum Gasteiger partial charge on any atom is -0.382 e. The van der Waals surface area contributed by atoms with Gasteiger partial charge >= 0.3 is 18.1 Å². The van der Waals surface area contributed by atoms with Gasteiger partial charge in [0.05, 0.1) is 25.4 Å². The number of halogens is 1. The number of nitrogen functional groups attached to an aromatic ring is 2. The Balaban J connectivity index is 1.15. The third-order valence-corrected chi connectivity index (χ3v) is 8.39. The fourth-order valence-electron chi connectivity index (χ4n) is 4.96. The topological polar surface area (TPSA) is 300 Å². The number of hydrogen-bond donors (Lipinski definition) is 6. The maximum atomic E-state index is 15.8. The highest BCUT2D eigenvalue weighted by molar-refractivity contribution is 7.84. The molecule has 0 unspecified atom stereocenters. The van der Waals surface area contributed by atoms with E-state index in [-0.39, 0.29) is 29.5 Å². The van der Waals surface area contributed by atoms with Gasteiger partial charge in [-0.15, -0.1) is 0 Å². The van der Waals surface area contributed by atoms with E-state index in [1.165, 1.54) is 12.7 Å². The molecule has 4 aromatic rings. The van der Waals surface area contributed by atoms with Gasteiger partial charge in [-0.05, 0) is 12.8 Å². The van der Waals surface area contributed by atoms with E-state index in [9.17, 15) is 17.8 Å². The van der Waals surface area contributed by atoms with Gasteiger partial charge in [0.15, 0.2) is 35.0 Å². The van der Waals surface area contributed by atoms with Crippen molar-refractivity contribution in [1.82, 2.24) is 43.8 Å². The van der Waals surface area contributed by atoms with E-state index in [4.69, 9.17) is 34.9 Å². The predicted molar refractivity (Wildman–Crippen MR) is 144 cm³/mol. The smallest absolute Gasteiger partial charge is 0.382 e. The Hall–Kier alpha value is -3.67. The van der Waals surface area contributed by atoms with Crippen molar-refractivity contribution in [3.05, 3.63) is 29.3 Å². The summed E-state index contributed by atoms with van der Waals surface area (Å²) < 4.78 is 78.8. The highest BCUT2D eigenvalue weighted by atomic mass is 32.2. The number of H-pyrrole nitrogens is 1. The number of alkyl halides is 1. The van der Waals surface area contributed by atoms with Crippen molar-refractivity contribution in [3.8, 4) is 0 Å². The van der Waals surface area contributed by atoms with Crippen molar-refractivity contribution < 1.29 is 45.3 Å². The SMILES string of the molecule is Nc1nc2c(ncn2[C@@H]2O[C@H](COP(=O)(O)O)[C@@H](OS(=O)(=O)NC[C@@H]3CC[C@H](n4cnc5c(N)ncnc54)O3)[C@@H]2F)c(=O)[nH]1. The van der Waals surface area contributed by atoms with Crippen molar-refractivity contribution in [2.24, 2.45) is 0 Å². The number of aromatic amines is 1. The second-order valence-corrected chi connectivity index (χ2v) is 12.4. The number of imidazole rings is 2. The number of ether oxygens (including phenoxy) is 2. The maximum absolute atomic E-state index is 15.8. The van der Waals surface area contributed by atoms with Gasteiger partial charge in [0.1, 0.15) is 30.3 Å². The molecule has 8 N–H and O–H groups in total. The van der Waals surface area contributed by atoms with E-state index in [0.29, 0.717) is 24.0 Å². The van der Waals surface area contributed by atoms with E-state index in [0.717, 1.165) is 10.9 Å². The molecular formula is C20H25FN11O10PS. The molecule has 21 nitrogen and oxygen atoms in total. The van der Waals surface area contributed by atoms with E-state index in [1.807, 2.05) is 0 Å². The van der Waals surface area contributed by atoms with Crippen molar-refractivity contribution in [1.29, 1.82) is 0 Å². The average Bonchev–Trinajstić information content (AvgIpc) is 3.73. The lowest BCUT2D eigenvalue weighted by molar-refractivity contribution is -0.0425. The molecular weight excluding hydrogens is 636 g/mol. The monoisotopic (exact) mass is 661 g/mol. The Morgan fingerprint density at radius 2 is 1.86 bits per heavy atom. The van der Waals surface area contributed by atoms with Crippen LogP contribution >= 0.6 is 7.82 Å². The molecule has 238 valence electrons. The quantitative estimate of drug-likeness (QED) is 0.104. The first-order chi connectivity index (χ1) is 20.8. The Morgan fingerprint density at radius 3 is 2.64 bits per heavy atom. The first kappa shape index (κ1) is 30.4. The van der Waals surface area contributed by atoms with E-state index in [1.54, 1.807) is 4.57 Å². The summed E-state index contributed by atoms with van der Waals surface area (Å²) in [5, 5.41) is 0. The highest BCUT2D eigenvalue weighted by Crippen LogP contribution is 2.41. The number of fused-ring (bicyclic) bond motifs is 2. The van der Waals surface area contributed by atoms with Crippen LogP contribution in [0.5, 0.6) is 0 Å². The van der Waals surface area contributed by atoms with Crippen LogP contribution in [0.2, 0.25) is 0 Å². The first-order valence-corrected chi connectivity index (χ1v) is 15.7. The standard InChI is InChI=1S/C20H25FN11O10PS/c21-11-14(9(4-39-43(34,35)36)41-19(11)32-7-27-13-17(32)29-20(23)30-18(13)33)42-44(37,38)28-3-8-1-2-10(40-8)31-6-26-12-15(22)24-5-25-16(12)31/h5-11,14,19,28H,1-4H2,(H2,22,24,25)(H2,34,35,36)(H3,23,29,30,33)/t8-,9+,10+,11-,14+,19+/m0/s1. The molecule has 24 heteroatoms. The molecule has 0 aromatic carbocycles. The number of hydrogen-bond acceptors (Lipinski definition) is 15. The predicted octanol–water partition coefficient (Wildman–Crippen LogP) is -1.63. The fourth-order valence-corrected chi connectivity index (χ4v) is 6.29. The van der Waals surface area contributed by atoms with Gasteiger partial charge < -0.3 is 30.7 Å². The minimum atomic E-state index is -5.07. The zero-order valence-corrected chi connectivity index (χ0v) is 23.9. The van der Waals surface area contributed by atoms with Crippen LogP contribution in [0.3, 0.4) is 0 Å². The Morgan fingerprint density at radius 1 is 1.11 bits per heavy atom. The number of aromatic nitrogens is 8. The number of phosphoric ester groups is 1. The second-order valence-electron chi connectivity index (χ2n) is 9.81. The van der Waals surface area contributed by atoms with Crippen molar-refractivity contribution in [2.75, 3.05) is 24.6 Å². The summed E-state index contributed by atoms with van der Waals surface area (Å²) in [4.78, 5) is 52.7. The molecule has 4 aromatic heterocycles. The lowest BCUT2D eigenvalue weighted by atomic mass is 10.1. The molecule has 0 aliphatic carbocycles. The van der Waals surface area contributed by atoms with Crippen LogP contribution in [0, 0.1) is 0 Å². The van der Waals surface area contributed by atoms with Gasteiger partial charge in [0, 0.05) is 6.54 Å². The third kappa shape index (κ3) is 6.00. The molecule has 0 saturated carbocycles. The van der Waals surface area contributed by atoms with Gasteiger partial charge in [-0.3, -0.25) is 23.4 Å². The van der Waals surface area contributed by atoms with Gasteiger partial charge in [-0.25, -0.2) is 33.1 Å². The van der Waals surface area contributed by atoms with Crippen molar-refractivity contribution >= 4 is 52.2 Å². The summed E-state index contributed by atoms with van der Waals surface area (Å²) in [5.41, 5.74) is 11.1. The molecule has 2 fully saturated rings. The van der Waals surface area contributed by atoms with Crippen LogP contribution in [0.4, 0.5) is 16.2 Å². The Labute approximate surface area is 245 Å². The molecule has 0 bridgehead atoms. The summed E-state index contributed by atoms with van der Waals surface area (Å²) in [7, 11) is -9.78. The van der Waals surface area contributed by atoms with E-state index in [2.05, 4.69) is 39.1 Å². The van der Waals surface area contributed by atoms with Crippen LogP contribution in [0.15, 0.2) is 23.8 Å². The molecule has 0 spiro atoms. The third-order valence-electron chi connectivity index (χ3n) is 6.91. The van der Waals surface area contributed by atoms with Crippen LogP contribution in [0.25, 0.3) is 22.3 Å². The number of phosphoric acid groups is 1. The van der Waals surface area contributed by atoms with E-state index < -0.39 is 67.2 Å². The van der Waals surface area contributed by atoms with Gasteiger partial charge in [-0.2, -0.15) is 18.1 Å². The van der Waals surface area contributed by atoms with Crippen molar-refractivity contribution in [3.63, 3.8) is 0 Å². The molecule has 2 saturated heterocycles. The maximum Gasteiger partial charge on any atom is 0.469 e. The molecule has 6 rings (SSSR count). The normalized spacial score (nSPS) is 26.2. The van der Waals surface area contributed by atoms with Crippen molar-refractivity contribution in [2.45, 2.75) is 49.8 Å². The van der Waals surface area contributed by atoms with Gasteiger partial charge in [-0.1, -0.05) is 0 Å². The van der Waals surface area contributed by atoms with E-state index >= 15 is 4.39 Å². The number of anilines is 2. The molecule has 0 radical (unpaired) electrons. The summed E-state index contributed by atoms with van der Waals surface area (Å²) >= 11 is 0.